The van der Waals surface area contributed by atoms with E-state index in [9.17, 15) is 4.79 Å². The van der Waals surface area contributed by atoms with Gasteiger partial charge in [-0.1, -0.05) is 0 Å². The average molecular weight is 190 g/mol. The maximum absolute atomic E-state index is 10.7. The molecule has 0 atom stereocenters. The lowest BCUT2D eigenvalue weighted by Crippen LogP contribution is -2.07. The van der Waals surface area contributed by atoms with Gasteiger partial charge >= 0.3 is 5.97 Å². The van der Waals surface area contributed by atoms with E-state index in [0.717, 1.165) is 0 Å². The molecule has 6 nitrogen and oxygen atoms in total. The molecule has 6 heteroatoms. The van der Waals surface area contributed by atoms with Gasteiger partial charge in [-0.3, -0.25) is 9.55 Å². The van der Waals surface area contributed by atoms with Crippen molar-refractivity contribution in [1.29, 1.82) is 0 Å². The highest BCUT2D eigenvalue weighted by atomic mass is 16.4. The Bertz CT molecular complexity index is 451. The third-order valence-electron chi connectivity index (χ3n) is 1.66. The number of hydrogen-bond donors (Lipinski definition) is 1. The van der Waals surface area contributed by atoms with Crippen LogP contribution < -0.4 is 0 Å². The fourth-order valence-corrected chi connectivity index (χ4v) is 1.07. The fraction of sp³-hybridized carbons (Fsp3) is 0. The third kappa shape index (κ3) is 1.33. The lowest BCUT2D eigenvalue weighted by atomic mass is 10.4. The molecule has 2 heterocycles. The van der Waals surface area contributed by atoms with Crippen LogP contribution in [0.1, 0.15) is 10.6 Å². The molecule has 0 spiro atoms. The fourth-order valence-electron chi connectivity index (χ4n) is 1.07. The molecule has 0 unspecified atom stereocenters. The van der Waals surface area contributed by atoms with Crippen molar-refractivity contribution in [3.63, 3.8) is 0 Å². The Balaban J connectivity index is 2.52. The van der Waals surface area contributed by atoms with Gasteiger partial charge in [0, 0.05) is 6.20 Å². The summed E-state index contributed by atoms with van der Waals surface area (Å²) in [5.74, 6) is -1.25. The van der Waals surface area contributed by atoms with Crippen LogP contribution >= 0.6 is 0 Å². The molecule has 2 rings (SSSR count). The van der Waals surface area contributed by atoms with Crippen LogP contribution in [-0.4, -0.2) is 30.8 Å². The van der Waals surface area contributed by atoms with Crippen molar-refractivity contribution < 1.29 is 9.90 Å². The first-order valence-corrected chi connectivity index (χ1v) is 3.83. The van der Waals surface area contributed by atoms with E-state index < -0.39 is 5.97 Å². The molecule has 0 aliphatic carbocycles. The van der Waals surface area contributed by atoms with E-state index in [0.29, 0.717) is 5.69 Å². The smallest absolute Gasteiger partial charge is 0.374 e. The quantitative estimate of drug-likeness (QED) is 0.739. The Morgan fingerprint density at radius 1 is 1.50 bits per heavy atom. The Hall–Kier alpha value is -2.24. The minimum absolute atomic E-state index is 0.127. The standard InChI is InChI=1S/C8H6N4O2/c13-8(14)7-11-10-5-12(7)6-2-1-3-9-4-6/h1-5H,(H,13,14). The van der Waals surface area contributed by atoms with Gasteiger partial charge in [-0.05, 0) is 12.1 Å². The number of pyridine rings is 1. The second-order valence-electron chi connectivity index (χ2n) is 2.54. The third-order valence-corrected chi connectivity index (χ3v) is 1.66. The number of aromatic carboxylic acids is 1. The molecule has 2 aromatic heterocycles. The highest BCUT2D eigenvalue weighted by molar-refractivity contribution is 5.83. The normalized spacial score (nSPS) is 10.0. The summed E-state index contributed by atoms with van der Waals surface area (Å²) in [6, 6.07) is 3.43. The zero-order chi connectivity index (χ0) is 9.97. The summed E-state index contributed by atoms with van der Waals surface area (Å²) in [5, 5.41) is 15.8. The van der Waals surface area contributed by atoms with E-state index in [1.54, 1.807) is 18.3 Å². The summed E-state index contributed by atoms with van der Waals surface area (Å²) < 4.78 is 1.36. The molecule has 0 fully saturated rings. The second-order valence-corrected chi connectivity index (χ2v) is 2.54. The number of carbonyl (C=O) groups is 1. The molecule has 0 aromatic carbocycles. The molecule has 0 bridgehead atoms. The van der Waals surface area contributed by atoms with Crippen LogP contribution in [0.25, 0.3) is 5.69 Å². The van der Waals surface area contributed by atoms with Crippen molar-refractivity contribution in [3.05, 3.63) is 36.7 Å². The molecule has 0 amide bonds. The van der Waals surface area contributed by atoms with Gasteiger partial charge in [0.1, 0.15) is 6.33 Å². The highest BCUT2D eigenvalue weighted by Crippen LogP contribution is 2.06. The number of carboxylic acid groups (broad SMARTS) is 1. The summed E-state index contributed by atoms with van der Waals surface area (Å²) in [6.07, 6.45) is 4.48. The van der Waals surface area contributed by atoms with Crippen molar-refractivity contribution in [3.8, 4) is 5.69 Å². The monoisotopic (exact) mass is 190 g/mol. The van der Waals surface area contributed by atoms with Crippen LogP contribution in [0.3, 0.4) is 0 Å². The summed E-state index contributed by atoms with van der Waals surface area (Å²) in [4.78, 5) is 14.6. The van der Waals surface area contributed by atoms with Gasteiger partial charge in [-0.15, -0.1) is 10.2 Å². The Kier molecular flexibility index (Phi) is 1.94. The molecule has 0 aliphatic heterocycles. The van der Waals surface area contributed by atoms with Gasteiger partial charge in [0.25, 0.3) is 0 Å². The minimum Gasteiger partial charge on any atom is -0.475 e. The van der Waals surface area contributed by atoms with Crippen LogP contribution in [0.5, 0.6) is 0 Å². The van der Waals surface area contributed by atoms with Gasteiger partial charge < -0.3 is 5.11 Å². The number of carboxylic acids is 1. The van der Waals surface area contributed by atoms with Gasteiger partial charge in [0.15, 0.2) is 0 Å². The Morgan fingerprint density at radius 2 is 2.36 bits per heavy atom. The van der Waals surface area contributed by atoms with Gasteiger partial charge in [0.2, 0.25) is 5.82 Å². The minimum atomic E-state index is -1.12. The SMILES string of the molecule is O=C(O)c1nncn1-c1cccnc1. The lowest BCUT2D eigenvalue weighted by molar-refractivity contribution is 0.0681. The van der Waals surface area contributed by atoms with Gasteiger partial charge in [-0.2, -0.15) is 0 Å². The van der Waals surface area contributed by atoms with E-state index >= 15 is 0 Å². The van der Waals surface area contributed by atoms with Gasteiger partial charge in [-0.25, -0.2) is 4.79 Å². The predicted molar refractivity (Wildman–Crippen MR) is 46.1 cm³/mol. The van der Waals surface area contributed by atoms with Crippen molar-refractivity contribution in [2.75, 3.05) is 0 Å². The van der Waals surface area contributed by atoms with E-state index in [1.165, 1.54) is 17.1 Å². The maximum Gasteiger partial charge on any atom is 0.374 e. The Labute approximate surface area is 78.9 Å². The Morgan fingerprint density at radius 3 is 3.00 bits per heavy atom. The van der Waals surface area contributed by atoms with Crippen LogP contribution in [0.15, 0.2) is 30.9 Å². The molecular weight excluding hydrogens is 184 g/mol. The molecular formula is C8H6N4O2. The summed E-state index contributed by atoms with van der Waals surface area (Å²) >= 11 is 0. The molecule has 0 saturated carbocycles. The molecule has 0 saturated heterocycles. The molecule has 1 N–H and O–H groups in total. The topological polar surface area (TPSA) is 80.9 Å². The van der Waals surface area contributed by atoms with Crippen molar-refractivity contribution in [2.24, 2.45) is 0 Å². The predicted octanol–water partition coefficient (Wildman–Crippen LogP) is 0.360. The number of rotatable bonds is 2. The first-order valence-electron chi connectivity index (χ1n) is 3.83. The summed E-state index contributed by atoms with van der Waals surface area (Å²) in [5.41, 5.74) is 0.620. The highest BCUT2D eigenvalue weighted by Gasteiger charge is 2.12. The van der Waals surface area contributed by atoms with Crippen LogP contribution in [0.2, 0.25) is 0 Å². The zero-order valence-electron chi connectivity index (χ0n) is 7.03. The van der Waals surface area contributed by atoms with Crippen molar-refractivity contribution >= 4 is 5.97 Å². The van der Waals surface area contributed by atoms with Gasteiger partial charge in [0.05, 0.1) is 11.9 Å². The second kappa shape index (κ2) is 3.25. The number of aromatic nitrogens is 4. The summed E-state index contributed by atoms with van der Waals surface area (Å²) in [6.45, 7) is 0. The lowest BCUT2D eigenvalue weighted by Gasteiger charge is -2.01. The van der Waals surface area contributed by atoms with E-state index in [1.807, 2.05) is 0 Å². The largest absolute Gasteiger partial charge is 0.475 e. The molecule has 14 heavy (non-hydrogen) atoms. The molecule has 0 aliphatic rings. The number of nitrogens with zero attached hydrogens (tertiary/aromatic N) is 4. The maximum atomic E-state index is 10.7. The average Bonchev–Trinajstić information content (AvgIpc) is 2.67. The first-order chi connectivity index (χ1) is 6.79. The van der Waals surface area contributed by atoms with Crippen LogP contribution in [0, 0.1) is 0 Å². The van der Waals surface area contributed by atoms with E-state index in [4.69, 9.17) is 5.11 Å². The van der Waals surface area contributed by atoms with Crippen LogP contribution in [-0.2, 0) is 0 Å². The van der Waals surface area contributed by atoms with Crippen LogP contribution in [0.4, 0.5) is 0 Å². The number of hydrogen-bond acceptors (Lipinski definition) is 4. The van der Waals surface area contributed by atoms with E-state index in [-0.39, 0.29) is 5.82 Å². The zero-order valence-corrected chi connectivity index (χ0v) is 7.03. The molecule has 0 radical (unpaired) electrons. The van der Waals surface area contributed by atoms with E-state index in [2.05, 4.69) is 15.2 Å². The molecule has 2 aromatic rings. The van der Waals surface area contributed by atoms with Crippen molar-refractivity contribution in [2.45, 2.75) is 0 Å². The first kappa shape index (κ1) is 8.36. The van der Waals surface area contributed by atoms with Crippen molar-refractivity contribution in [1.82, 2.24) is 19.7 Å². The molecule has 70 valence electrons. The summed E-state index contributed by atoms with van der Waals surface area (Å²) in [7, 11) is 0.